The molecule has 0 spiro atoms. The Morgan fingerprint density at radius 1 is 1.14 bits per heavy atom. The maximum absolute atomic E-state index is 11.8. The van der Waals surface area contributed by atoms with Gasteiger partial charge in [-0.2, -0.15) is 0 Å². The summed E-state index contributed by atoms with van der Waals surface area (Å²) in [6, 6.07) is 5.22. The maximum atomic E-state index is 11.8. The van der Waals surface area contributed by atoms with Crippen molar-refractivity contribution in [3.63, 3.8) is 0 Å². The Kier molecular flexibility index (Phi) is 5.38. The fraction of sp³-hybridized carbons (Fsp3) is 0.400. The lowest BCUT2D eigenvalue weighted by atomic mass is 10.2. The molecule has 6 nitrogen and oxygen atoms in total. The molecule has 1 aromatic rings. The van der Waals surface area contributed by atoms with Crippen LogP contribution in [0.3, 0.4) is 0 Å². The first-order valence-corrected chi connectivity index (χ1v) is 7.49. The van der Waals surface area contributed by atoms with Crippen LogP contribution in [0.5, 0.6) is 0 Å². The average molecular weight is 324 g/mol. The van der Waals surface area contributed by atoms with Crippen molar-refractivity contribution < 1.29 is 14.4 Å². The Bertz CT molecular complexity index is 600. The number of nitrogens with one attached hydrogen (secondary N) is 3. The highest BCUT2D eigenvalue weighted by molar-refractivity contribution is 6.31. The quantitative estimate of drug-likeness (QED) is 0.723. The van der Waals surface area contributed by atoms with E-state index in [-0.39, 0.29) is 30.6 Å². The smallest absolute Gasteiger partial charge is 0.241 e. The van der Waals surface area contributed by atoms with Gasteiger partial charge in [-0.25, -0.2) is 0 Å². The Morgan fingerprint density at radius 2 is 1.82 bits per heavy atom. The summed E-state index contributed by atoms with van der Waals surface area (Å²) in [5.74, 6) is -0.831. The molecule has 1 aliphatic rings. The van der Waals surface area contributed by atoms with Gasteiger partial charge in [0.2, 0.25) is 17.7 Å². The monoisotopic (exact) mass is 323 g/mol. The summed E-state index contributed by atoms with van der Waals surface area (Å²) >= 11 is 5.97. The summed E-state index contributed by atoms with van der Waals surface area (Å²) < 4.78 is 0. The van der Waals surface area contributed by atoms with Crippen LogP contribution in [0.2, 0.25) is 5.02 Å². The van der Waals surface area contributed by atoms with Crippen LogP contribution in [-0.4, -0.2) is 17.7 Å². The zero-order valence-electron chi connectivity index (χ0n) is 12.2. The fourth-order valence-electron chi connectivity index (χ4n) is 1.82. The highest BCUT2D eigenvalue weighted by atomic mass is 35.5. The molecule has 0 heterocycles. The number of carbonyl (C=O) groups is 3. The van der Waals surface area contributed by atoms with E-state index in [4.69, 9.17) is 11.6 Å². The third kappa shape index (κ3) is 4.73. The molecule has 1 aromatic carbocycles. The Labute approximate surface area is 133 Å². The van der Waals surface area contributed by atoms with E-state index >= 15 is 0 Å². The summed E-state index contributed by atoms with van der Waals surface area (Å²) in [5, 5.41) is 3.28. The van der Waals surface area contributed by atoms with Crippen molar-refractivity contribution in [3.05, 3.63) is 28.8 Å². The van der Waals surface area contributed by atoms with Crippen molar-refractivity contribution in [2.75, 3.05) is 5.32 Å². The second-order valence-corrected chi connectivity index (χ2v) is 5.68. The first-order chi connectivity index (χ1) is 10.5. The van der Waals surface area contributed by atoms with Crippen LogP contribution in [0.15, 0.2) is 18.2 Å². The molecular formula is C15H18ClN3O3. The number of carbonyl (C=O) groups excluding carboxylic acids is 3. The van der Waals surface area contributed by atoms with Crippen molar-refractivity contribution in [2.45, 2.75) is 32.6 Å². The lowest BCUT2D eigenvalue weighted by Crippen LogP contribution is -2.42. The topological polar surface area (TPSA) is 87.3 Å². The number of hydrazine groups is 1. The molecule has 1 saturated carbocycles. The van der Waals surface area contributed by atoms with Gasteiger partial charge in [-0.1, -0.05) is 17.7 Å². The molecule has 3 amide bonds. The molecule has 1 fully saturated rings. The summed E-state index contributed by atoms with van der Waals surface area (Å²) in [6.45, 7) is 1.80. The molecule has 2 rings (SSSR count). The number of benzene rings is 1. The Morgan fingerprint density at radius 3 is 2.50 bits per heavy atom. The van der Waals surface area contributed by atoms with E-state index in [1.165, 1.54) is 0 Å². The van der Waals surface area contributed by atoms with Crippen molar-refractivity contribution >= 4 is 35.0 Å². The van der Waals surface area contributed by atoms with Crippen molar-refractivity contribution in [1.82, 2.24) is 10.9 Å². The largest absolute Gasteiger partial charge is 0.326 e. The van der Waals surface area contributed by atoms with E-state index in [0.29, 0.717) is 10.7 Å². The molecule has 0 radical (unpaired) electrons. The summed E-state index contributed by atoms with van der Waals surface area (Å²) in [5.41, 5.74) is 6.05. The third-order valence-electron chi connectivity index (χ3n) is 3.39. The number of rotatable bonds is 5. The number of anilines is 1. The number of halogens is 1. The normalized spacial score (nSPS) is 13.4. The van der Waals surface area contributed by atoms with Gasteiger partial charge in [-0.3, -0.25) is 25.2 Å². The highest BCUT2D eigenvalue weighted by Gasteiger charge is 2.29. The summed E-state index contributed by atoms with van der Waals surface area (Å²) in [6.07, 6.45) is 1.75. The Hall–Kier alpha value is -2.08. The van der Waals surface area contributed by atoms with Crippen LogP contribution in [0.25, 0.3) is 0 Å². The minimum absolute atomic E-state index is 0.00358. The zero-order chi connectivity index (χ0) is 16.1. The van der Waals surface area contributed by atoms with E-state index < -0.39 is 5.91 Å². The van der Waals surface area contributed by atoms with Gasteiger partial charge in [0.05, 0.1) is 0 Å². The van der Waals surface area contributed by atoms with Gasteiger partial charge in [-0.15, -0.1) is 0 Å². The van der Waals surface area contributed by atoms with Crippen LogP contribution < -0.4 is 16.2 Å². The molecular weight excluding hydrogens is 306 g/mol. The fourth-order valence-corrected chi connectivity index (χ4v) is 2.00. The van der Waals surface area contributed by atoms with Crippen LogP contribution in [0.1, 0.15) is 31.2 Å². The molecule has 3 N–H and O–H groups in total. The Balaban J connectivity index is 1.71. The van der Waals surface area contributed by atoms with E-state index in [2.05, 4.69) is 16.2 Å². The van der Waals surface area contributed by atoms with Crippen molar-refractivity contribution in [2.24, 2.45) is 5.92 Å². The van der Waals surface area contributed by atoms with Gasteiger partial charge in [0.25, 0.3) is 0 Å². The molecule has 22 heavy (non-hydrogen) atoms. The molecule has 0 aliphatic heterocycles. The lowest BCUT2D eigenvalue weighted by molar-refractivity contribution is -0.130. The molecule has 7 heteroatoms. The standard InChI is InChI=1S/C15H18ClN3O3/c1-9-11(16)3-2-4-12(9)17-13(20)7-8-14(21)18-19-15(22)10-5-6-10/h2-4,10H,5-8H2,1H3,(H,17,20)(H,18,21)(H,19,22). The molecule has 0 unspecified atom stereocenters. The predicted molar refractivity (Wildman–Crippen MR) is 83.1 cm³/mol. The van der Waals surface area contributed by atoms with Crippen LogP contribution >= 0.6 is 11.6 Å². The van der Waals surface area contributed by atoms with Crippen LogP contribution in [-0.2, 0) is 14.4 Å². The van der Waals surface area contributed by atoms with Gasteiger partial charge in [0.15, 0.2) is 0 Å². The number of amides is 3. The SMILES string of the molecule is Cc1c(Cl)cccc1NC(=O)CCC(=O)NNC(=O)C1CC1. The first kappa shape index (κ1) is 16.3. The summed E-state index contributed by atoms with van der Waals surface area (Å²) in [4.78, 5) is 34.7. The van der Waals surface area contributed by atoms with Crippen LogP contribution in [0.4, 0.5) is 5.69 Å². The van der Waals surface area contributed by atoms with E-state index in [1.807, 2.05) is 0 Å². The number of hydrogen-bond acceptors (Lipinski definition) is 3. The lowest BCUT2D eigenvalue weighted by Gasteiger charge is -2.10. The minimum atomic E-state index is -0.396. The number of hydrogen-bond donors (Lipinski definition) is 3. The van der Waals surface area contributed by atoms with Crippen molar-refractivity contribution in [1.29, 1.82) is 0 Å². The third-order valence-corrected chi connectivity index (χ3v) is 3.80. The highest BCUT2D eigenvalue weighted by Crippen LogP contribution is 2.28. The minimum Gasteiger partial charge on any atom is -0.326 e. The molecule has 0 bridgehead atoms. The van der Waals surface area contributed by atoms with Crippen molar-refractivity contribution in [3.8, 4) is 0 Å². The van der Waals surface area contributed by atoms with Gasteiger partial charge < -0.3 is 5.32 Å². The predicted octanol–water partition coefficient (Wildman–Crippen LogP) is 1.92. The van der Waals surface area contributed by atoms with E-state index in [0.717, 1.165) is 18.4 Å². The molecule has 0 saturated heterocycles. The maximum Gasteiger partial charge on any atom is 0.241 e. The molecule has 1 aliphatic carbocycles. The van der Waals surface area contributed by atoms with Gasteiger partial charge in [-0.05, 0) is 37.5 Å². The second-order valence-electron chi connectivity index (χ2n) is 5.27. The van der Waals surface area contributed by atoms with E-state index in [9.17, 15) is 14.4 Å². The second kappa shape index (κ2) is 7.26. The van der Waals surface area contributed by atoms with Crippen LogP contribution in [0, 0.1) is 12.8 Å². The molecule has 118 valence electrons. The zero-order valence-corrected chi connectivity index (χ0v) is 13.0. The summed E-state index contributed by atoms with van der Waals surface area (Å²) in [7, 11) is 0. The molecule has 0 aromatic heterocycles. The van der Waals surface area contributed by atoms with Gasteiger partial charge in [0, 0.05) is 29.5 Å². The van der Waals surface area contributed by atoms with Gasteiger partial charge in [0.1, 0.15) is 0 Å². The first-order valence-electron chi connectivity index (χ1n) is 7.11. The van der Waals surface area contributed by atoms with E-state index in [1.54, 1.807) is 25.1 Å². The van der Waals surface area contributed by atoms with Gasteiger partial charge >= 0.3 is 0 Å². The molecule has 0 atom stereocenters. The average Bonchev–Trinajstić information content (AvgIpc) is 3.32.